The van der Waals surface area contributed by atoms with Gasteiger partial charge in [-0.15, -0.1) is 0 Å². The second kappa shape index (κ2) is 6.29. The van der Waals surface area contributed by atoms with Gasteiger partial charge < -0.3 is 15.5 Å². The molecule has 0 spiro atoms. The standard InChI is InChI=1S/C11H15NO3/c13-8-11(15)10(14)7-12-6-9-4-2-1-3-5-9/h1-5,10,12-14H,6-8H2/t10-/m0/s1. The van der Waals surface area contributed by atoms with E-state index in [4.69, 9.17) is 5.11 Å². The molecule has 1 rings (SSSR count). The first-order chi connectivity index (χ1) is 7.24. The lowest BCUT2D eigenvalue weighted by Crippen LogP contribution is -2.34. The number of rotatable bonds is 6. The molecule has 0 bridgehead atoms. The highest BCUT2D eigenvalue weighted by Gasteiger charge is 2.12. The van der Waals surface area contributed by atoms with E-state index in [-0.39, 0.29) is 6.54 Å². The van der Waals surface area contributed by atoms with Crippen LogP contribution in [0.4, 0.5) is 0 Å². The number of ketones is 1. The fourth-order valence-corrected chi connectivity index (χ4v) is 1.17. The van der Waals surface area contributed by atoms with Crippen LogP contribution in [0.25, 0.3) is 0 Å². The molecule has 0 amide bonds. The van der Waals surface area contributed by atoms with Gasteiger partial charge in [0.2, 0.25) is 0 Å². The zero-order valence-electron chi connectivity index (χ0n) is 8.39. The van der Waals surface area contributed by atoms with E-state index in [1.54, 1.807) is 0 Å². The first-order valence-corrected chi connectivity index (χ1v) is 4.80. The summed E-state index contributed by atoms with van der Waals surface area (Å²) in [4.78, 5) is 10.8. The summed E-state index contributed by atoms with van der Waals surface area (Å²) >= 11 is 0. The summed E-state index contributed by atoms with van der Waals surface area (Å²) in [5.74, 6) is -0.560. The van der Waals surface area contributed by atoms with Gasteiger partial charge >= 0.3 is 0 Å². The molecule has 1 atom stereocenters. The molecule has 0 saturated carbocycles. The van der Waals surface area contributed by atoms with Gasteiger partial charge in [0, 0.05) is 13.1 Å². The minimum absolute atomic E-state index is 0.161. The van der Waals surface area contributed by atoms with Crippen molar-refractivity contribution in [1.82, 2.24) is 5.32 Å². The maximum absolute atomic E-state index is 10.8. The third-order valence-corrected chi connectivity index (χ3v) is 2.04. The van der Waals surface area contributed by atoms with E-state index in [9.17, 15) is 9.90 Å². The van der Waals surface area contributed by atoms with Crippen molar-refractivity contribution in [2.75, 3.05) is 13.2 Å². The maximum Gasteiger partial charge on any atom is 0.187 e. The fraction of sp³-hybridized carbons (Fsp3) is 0.364. The minimum Gasteiger partial charge on any atom is -0.388 e. The molecule has 0 aliphatic heterocycles. The van der Waals surface area contributed by atoms with Crippen molar-refractivity contribution in [2.45, 2.75) is 12.6 Å². The molecule has 15 heavy (non-hydrogen) atoms. The topological polar surface area (TPSA) is 69.6 Å². The number of carbonyl (C=O) groups is 1. The maximum atomic E-state index is 10.8. The number of benzene rings is 1. The summed E-state index contributed by atoms with van der Waals surface area (Å²) in [7, 11) is 0. The largest absolute Gasteiger partial charge is 0.388 e. The Hall–Kier alpha value is -1.23. The summed E-state index contributed by atoms with van der Waals surface area (Å²) in [5.41, 5.74) is 1.08. The number of carbonyl (C=O) groups excluding carboxylic acids is 1. The van der Waals surface area contributed by atoms with Gasteiger partial charge in [-0.05, 0) is 5.56 Å². The Bertz CT molecular complexity index is 300. The van der Waals surface area contributed by atoms with Crippen molar-refractivity contribution in [3.8, 4) is 0 Å². The van der Waals surface area contributed by atoms with Crippen LogP contribution in [0.2, 0.25) is 0 Å². The average molecular weight is 209 g/mol. The normalized spacial score (nSPS) is 12.4. The zero-order valence-corrected chi connectivity index (χ0v) is 8.39. The van der Waals surface area contributed by atoms with Crippen molar-refractivity contribution >= 4 is 5.78 Å². The molecule has 0 aliphatic carbocycles. The summed E-state index contributed by atoms with van der Waals surface area (Å²) in [6.07, 6.45) is -1.13. The predicted octanol–water partition coefficient (Wildman–Crippen LogP) is -0.302. The first kappa shape index (κ1) is 11.8. The molecule has 3 N–H and O–H groups in total. The van der Waals surface area contributed by atoms with E-state index >= 15 is 0 Å². The molecule has 0 saturated heterocycles. The summed E-state index contributed by atoms with van der Waals surface area (Å²) < 4.78 is 0. The number of aliphatic hydroxyl groups excluding tert-OH is 2. The summed E-state index contributed by atoms with van der Waals surface area (Å²) in [5, 5.41) is 20.6. The smallest absolute Gasteiger partial charge is 0.187 e. The van der Waals surface area contributed by atoms with E-state index < -0.39 is 18.5 Å². The van der Waals surface area contributed by atoms with Gasteiger partial charge in [0.15, 0.2) is 5.78 Å². The molecule has 0 unspecified atom stereocenters. The molecule has 0 aliphatic rings. The molecule has 82 valence electrons. The molecule has 0 fully saturated rings. The molecular weight excluding hydrogens is 194 g/mol. The monoisotopic (exact) mass is 209 g/mol. The number of aliphatic hydroxyl groups is 2. The minimum atomic E-state index is -1.13. The van der Waals surface area contributed by atoms with E-state index in [2.05, 4.69) is 5.32 Å². The third-order valence-electron chi connectivity index (χ3n) is 2.04. The van der Waals surface area contributed by atoms with Gasteiger partial charge in [0.1, 0.15) is 12.7 Å². The van der Waals surface area contributed by atoms with Crippen LogP contribution >= 0.6 is 0 Å². The van der Waals surface area contributed by atoms with Crippen LogP contribution in [0.3, 0.4) is 0 Å². The van der Waals surface area contributed by atoms with E-state index in [0.717, 1.165) is 5.56 Å². The Labute approximate surface area is 88.6 Å². The molecule has 1 aromatic carbocycles. The van der Waals surface area contributed by atoms with E-state index in [0.29, 0.717) is 6.54 Å². The van der Waals surface area contributed by atoms with Crippen LogP contribution in [0.1, 0.15) is 5.56 Å². The number of hydrogen-bond donors (Lipinski definition) is 3. The van der Waals surface area contributed by atoms with E-state index in [1.165, 1.54) is 0 Å². The Morgan fingerprint density at radius 1 is 1.33 bits per heavy atom. The molecule has 0 radical (unpaired) electrons. The van der Waals surface area contributed by atoms with Crippen LogP contribution in [0, 0.1) is 0 Å². The van der Waals surface area contributed by atoms with Crippen molar-refractivity contribution in [3.63, 3.8) is 0 Å². The first-order valence-electron chi connectivity index (χ1n) is 4.80. The Morgan fingerprint density at radius 3 is 2.60 bits per heavy atom. The number of hydrogen-bond acceptors (Lipinski definition) is 4. The molecular formula is C11H15NO3. The Morgan fingerprint density at radius 2 is 2.00 bits per heavy atom. The summed E-state index contributed by atoms with van der Waals surface area (Å²) in [6.45, 7) is 0.138. The van der Waals surface area contributed by atoms with Crippen LogP contribution in [0.5, 0.6) is 0 Å². The van der Waals surface area contributed by atoms with Gasteiger partial charge in [-0.25, -0.2) is 0 Å². The van der Waals surface area contributed by atoms with Crippen molar-refractivity contribution < 1.29 is 15.0 Å². The van der Waals surface area contributed by atoms with Crippen LogP contribution in [-0.2, 0) is 11.3 Å². The third kappa shape index (κ3) is 4.20. The van der Waals surface area contributed by atoms with Gasteiger partial charge in [0.05, 0.1) is 0 Å². The average Bonchev–Trinajstić information content (AvgIpc) is 2.29. The lowest BCUT2D eigenvalue weighted by Gasteiger charge is -2.09. The van der Waals surface area contributed by atoms with Crippen molar-refractivity contribution in [2.24, 2.45) is 0 Å². The van der Waals surface area contributed by atoms with Gasteiger partial charge in [-0.3, -0.25) is 4.79 Å². The Balaban J connectivity index is 2.25. The zero-order chi connectivity index (χ0) is 11.1. The highest BCUT2D eigenvalue weighted by atomic mass is 16.3. The van der Waals surface area contributed by atoms with Crippen molar-refractivity contribution in [1.29, 1.82) is 0 Å². The van der Waals surface area contributed by atoms with Crippen LogP contribution in [0.15, 0.2) is 30.3 Å². The molecule has 0 heterocycles. The molecule has 4 heteroatoms. The van der Waals surface area contributed by atoms with Gasteiger partial charge in [0.25, 0.3) is 0 Å². The van der Waals surface area contributed by atoms with Gasteiger partial charge in [-0.1, -0.05) is 30.3 Å². The Kier molecular flexibility index (Phi) is 4.97. The van der Waals surface area contributed by atoms with Crippen LogP contribution < -0.4 is 5.32 Å². The van der Waals surface area contributed by atoms with Crippen molar-refractivity contribution in [3.05, 3.63) is 35.9 Å². The van der Waals surface area contributed by atoms with E-state index in [1.807, 2.05) is 30.3 Å². The fourth-order valence-electron chi connectivity index (χ4n) is 1.17. The lowest BCUT2D eigenvalue weighted by molar-refractivity contribution is -0.129. The predicted molar refractivity (Wildman–Crippen MR) is 56.2 cm³/mol. The summed E-state index contributed by atoms with van der Waals surface area (Å²) in [6, 6.07) is 9.67. The highest BCUT2D eigenvalue weighted by Crippen LogP contribution is 1.97. The molecule has 1 aromatic rings. The van der Waals surface area contributed by atoms with Crippen LogP contribution in [-0.4, -0.2) is 35.3 Å². The second-order valence-corrected chi connectivity index (χ2v) is 3.26. The second-order valence-electron chi connectivity index (χ2n) is 3.26. The lowest BCUT2D eigenvalue weighted by atomic mass is 10.2. The SMILES string of the molecule is O=C(CO)[C@@H](O)CNCc1ccccc1. The molecule has 4 nitrogen and oxygen atoms in total. The molecule has 0 aromatic heterocycles. The number of Topliss-reactive ketones (excluding diaryl/α,β-unsaturated/α-hetero) is 1. The number of nitrogens with one attached hydrogen (secondary N) is 1. The quantitative estimate of drug-likeness (QED) is 0.601. The highest BCUT2D eigenvalue weighted by molar-refractivity contribution is 5.83. The van der Waals surface area contributed by atoms with Gasteiger partial charge in [-0.2, -0.15) is 0 Å².